The lowest BCUT2D eigenvalue weighted by molar-refractivity contribution is -0.145. The van der Waals surface area contributed by atoms with Crippen LogP contribution in [-0.4, -0.2) is 38.0 Å². The van der Waals surface area contributed by atoms with Gasteiger partial charge in [0.05, 0.1) is 48.4 Å². The van der Waals surface area contributed by atoms with Crippen molar-refractivity contribution in [3.8, 4) is 5.75 Å². The molecule has 1 N–H and O–H groups in total. The molecule has 3 atom stereocenters. The van der Waals surface area contributed by atoms with Gasteiger partial charge in [-0.3, -0.25) is 19.7 Å². The Hall–Kier alpha value is -4.39. The summed E-state index contributed by atoms with van der Waals surface area (Å²) in [5.41, 5.74) is -4.93. The number of carbonyl (C=O) groups is 3. The number of ether oxygens (including phenoxy) is 2. The molecule has 2 heterocycles. The Balaban J connectivity index is 1.80. The first kappa shape index (κ1) is 29.1. The minimum atomic E-state index is -4.85. The SMILES string of the molecule is COC(=O)[C@@H]1NC(c2cccc(C(F)(F)F)c2)(c2cccc(C(F)(F)F)c2)[C@H]2C(=O)N(c3ccc(OC)cc3)C(=O)[C@@H]12. The number of hydrogen-bond acceptors (Lipinski definition) is 6. The number of esters is 1. The molecular weight excluding hydrogens is 570 g/mol. The number of carbonyl (C=O) groups excluding carboxylic acids is 3. The van der Waals surface area contributed by atoms with Crippen molar-refractivity contribution in [2.24, 2.45) is 11.8 Å². The van der Waals surface area contributed by atoms with Crippen LogP contribution in [0.2, 0.25) is 0 Å². The van der Waals surface area contributed by atoms with Gasteiger partial charge in [-0.2, -0.15) is 26.3 Å². The Morgan fingerprint density at radius 2 is 1.33 bits per heavy atom. The number of amides is 2. The lowest BCUT2D eigenvalue weighted by Crippen LogP contribution is -2.52. The van der Waals surface area contributed by atoms with Crippen molar-refractivity contribution in [2.75, 3.05) is 19.1 Å². The van der Waals surface area contributed by atoms with Crippen molar-refractivity contribution in [3.63, 3.8) is 0 Å². The standard InChI is InChI=1S/C29H22F6N2O5/c1-41-20-11-9-19(10-12-20)37-24(38)21-22(25(37)39)27(36-23(21)26(40)42-2,15-5-3-7-17(13-15)28(30,31)32)16-6-4-8-18(14-16)29(33,34)35/h3-14,21-23,36H,1-2H3/t21-,22-,23-/m1/s1. The van der Waals surface area contributed by atoms with E-state index in [1.165, 1.54) is 43.5 Å². The van der Waals surface area contributed by atoms with Gasteiger partial charge < -0.3 is 9.47 Å². The molecule has 220 valence electrons. The quantitative estimate of drug-likeness (QED) is 0.257. The van der Waals surface area contributed by atoms with E-state index in [0.717, 1.165) is 36.3 Å². The predicted octanol–water partition coefficient (Wildman–Crippen LogP) is 4.93. The van der Waals surface area contributed by atoms with E-state index in [1.807, 2.05) is 0 Å². The molecule has 2 aliphatic heterocycles. The number of nitrogens with one attached hydrogen (secondary N) is 1. The molecule has 2 fully saturated rings. The van der Waals surface area contributed by atoms with Crippen LogP contribution >= 0.6 is 0 Å². The number of anilines is 1. The molecule has 3 aromatic carbocycles. The average Bonchev–Trinajstić information content (AvgIpc) is 3.46. The van der Waals surface area contributed by atoms with Crippen LogP contribution in [0.5, 0.6) is 5.75 Å². The lowest BCUT2D eigenvalue weighted by atomic mass is 9.71. The number of imide groups is 1. The van der Waals surface area contributed by atoms with Crippen LogP contribution in [0.3, 0.4) is 0 Å². The van der Waals surface area contributed by atoms with E-state index in [-0.39, 0.29) is 16.8 Å². The topological polar surface area (TPSA) is 84.9 Å². The molecule has 42 heavy (non-hydrogen) atoms. The van der Waals surface area contributed by atoms with Gasteiger partial charge in [0, 0.05) is 0 Å². The second kappa shape index (κ2) is 10.2. The van der Waals surface area contributed by atoms with Crippen molar-refractivity contribution < 1.29 is 50.2 Å². The normalized spacial score (nSPS) is 21.8. The van der Waals surface area contributed by atoms with Gasteiger partial charge in [-0.25, -0.2) is 4.90 Å². The van der Waals surface area contributed by atoms with Crippen LogP contribution in [0.1, 0.15) is 22.3 Å². The minimum Gasteiger partial charge on any atom is -0.497 e. The van der Waals surface area contributed by atoms with E-state index < -0.39 is 64.7 Å². The maximum atomic E-state index is 14.2. The summed E-state index contributed by atoms with van der Waals surface area (Å²) in [5, 5.41) is 2.80. The van der Waals surface area contributed by atoms with Crippen molar-refractivity contribution in [2.45, 2.75) is 23.9 Å². The number of benzene rings is 3. The van der Waals surface area contributed by atoms with Gasteiger partial charge in [-0.15, -0.1) is 0 Å². The second-order valence-corrected chi connectivity index (χ2v) is 9.82. The number of hydrogen-bond donors (Lipinski definition) is 1. The monoisotopic (exact) mass is 592 g/mol. The third kappa shape index (κ3) is 4.57. The van der Waals surface area contributed by atoms with Crippen molar-refractivity contribution in [1.82, 2.24) is 5.32 Å². The van der Waals surface area contributed by atoms with Crippen LogP contribution in [0.15, 0.2) is 72.8 Å². The molecule has 7 nitrogen and oxygen atoms in total. The zero-order chi connectivity index (χ0) is 30.6. The molecule has 2 amide bonds. The Bertz CT molecular complexity index is 1500. The minimum absolute atomic E-state index is 0.0748. The Morgan fingerprint density at radius 3 is 1.79 bits per heavy atom. The molecule has 2 saturated heterocycles. The van der Waals surface area contributed by atoms with Crippen molar-refractivity contribution in [3.05, 3.63) is 95.1 Å². The number of rotatable bonds is 5. The van der Waals surface area contributed by atoms with Gasteiger partial charge in [0.2, 0.25) is 11.8 Å². The molecular formula is C29H22F6N2O5. The Labute approximate surface area is 235 Å². The third-order valence-corrected chi connectivity index (χ3v) is 7.64. The second-order valence-electron chi connectivity index (χ2n) is 9.82. The van der Waals surface area contributed by atoms with Gasteiger partial charge in [0.1, 0.15) is 11.8 Å². The van der Waals surface area contributed by atoms with E-state index in [9.17, 15) is 40.7 Å². The molecule has 2 aliphatic rings. The molecule has 0 radical (unpaired) electrons. The first-order chi connectivity index (χ1) is 19.7. The third-order valence-electron chi connectivity index (χ3n) is 7.64. The smallest absolute Gasteiger partial charge is 0.416 e. The summed E-state index contributed by atoms with van der Waals surface area (Å²) in [6.07, 6.45) is -9.70. The van der Waals surface area contributed by atoms with Crippen LogP contribution < -0.4 is 15.0 Å². The van der Waals surface area contributed by atoms with E-state index in [0.29, 0.717) is 17.9 Å². The lowest BCUT2D eigenvalue weighted by Gasteiger charge is -2.37. The van der Waals surface area contributed by atoms with Crippen LogP contribution in [0, 0.1) is 11.8 Å². The van der Waals surface area contributed by atoms with Crippen LogP contribution in [0.25, 0.3) is 0 Å². The molecule has 0 spiro atoms. The highest BCUT2D eigenvalue weighted by Gasteiger charge is 2.68. The molecule has 3 aromatic rings. The maximum Gasteiger partial charge on any atom is 0.416 e. The highest BCUT2D eigenvalue weighted by Crippen LogP contribution is 2.53. The molecule has 0 bridgehead atoms. The summed E-state index contributed by atoms with van der Waals surface area (Å²) in [6.45, 7) is 0. The molecule has 5 rings (SSSR count). The summed E-state index contributed by atoms with van der Waals surface area (Å²) >= 11 is 0. The van der Waals surface area contributed by atoms with E-state index in [2.05, 4.69) is 5.32 Å². The predicted molar refractivity (Wildman–Crippen MR) is 135 cm³/mol. The first-order valence-corrected chi connectivity index (χ1v) is 12.5. The fraction of sp³-hybridized carbons (Fsp3) is 0.276. The number of halogens is 6. The van der Waals surface area contributed by atoms with Gasteiger partial charge in [0.25, 0.3) is 0 Å². The van der Waals surface area contributed by atoms with E-state index in [4.69, 9.17) is 9.47 Å². The fourth-order valence-electron chi connectivity index (χ4n) is 5.80. The largest absolute Gasteiger partial charge is 0.497 e. The molecule has 0 saturated carbocycles. The number of methoxy groups -OCH3 is 2. The van der Waals surface area contributed by atoms with Gasteiger partial charge in [-0.05, 0) is 59.7 Å². The highest BCUT2D eigenvalue weighted by atomic mass is 19.4. The summed E-state index contributed by atoms with van der Waals surface area (Å²) in [4.78, 5) is 41.8. The molecule has 13 heteroatoms. The van der Waals surface area contributed by atoms with Gasteiger partial charge in [-0.1, -0.05) is 24.3 Å². The van der Waals surface area contributed by atoms with E-state index >= 15 is 0 Å². The molecule has 0 aliphatic carbocycles. The van der Waals surface area contributed by atoms with Crippen LogP contribution in [-0.2, 0) is 37.0 Å². The highest BCUT2D eigenvalue weighted by molar-refractivity contribution is 6.24. The molecule has 0 unspecified atom stereocenters. The Morgan fingerprint density at radius 1 is 0.810 bits per heavy atom. The van der Waals surface area contributed by atoms with Crippen molar-refractivity contribution in [1.29, 1.82) is 0 Å². The zero-order valence-electron chi connectivity index (χ0n) is 21.9. The van der Waals surface area contributed by atoms with Gasteiger partial charge >= 0.3 is 18.3 Å². The Kier molecular flexibility index (Phi) is 7.04. The zero-order valence-corrected chi connectivity index (χ0v) is 21.9. The summed E-state index contributed by atoms with van der Waals surface area (Å²) in [5.74, 6) is -5.60. The summed E-state index contributed by atoms with van der Waals surface area (Å²) in [6, 6.07) is 11.5. The van der Waals surface area contributed by atoms with Crippen LogP contribution in [0.4, 0.5) is 32.0 Å². The first-order valence-electron chi connectivity index (χ1n) is 12.5. The maximum absolute atomic E-state index is 14.2. The average molecular weight is 592 g/mol. The fourth-order valence-corrected chi connectivity index (χ4v) is 5.80. The van der Waals surface area contributed by atoms with Crippen molar-refractivity contribution >= 4 is 23.5 Å². The number of nitrogens with zero attached hydrogens (tertiary/aromatic N) is 1. The van der Waals surface area contributed by atoms with Gasteiger partial charge in [0.15, 0.2) is 0 Å². The number of alkyl halides is 6. The molecule has 0 aromatic heterocycles. The summed E-state index contributed by atoms with van der Waals surface area (Å²) < 4.78 is 93.0. The van der Waals surface area contributed by atoms with E-state index in [1.54, 1.807) is 0 Å². The number of fused-ring (bicyclic) bond motifs is 1. The summed E-state index contributed by atoms with van der Waals surface area (Å²) in [7, 11) is 2.41.